The van der Waals surface area contributed by atoms with E-state index >= 15 is 0 Å². The largest absolute Gasteiger partial charge is 0.463 e. The highest BCUT2D eigenvalue weighted by Gasteiger charge is 2.52. The van der Waals surface area contributed by atoms with Gasteiger partial charge in [-0.2, -0.15) is 26.3 Å². The second-order valence-electron chi connectivity index (χ2n) is 15.0. The third-order valence-electron chi connectivity index (χ3n) is 10.9. The molecular formula is C37H41F6N3O9. The first-order chi connectivity index (χ1) is 25.7. The lowest BCUT2D eigenvalue weighted by Crippen LogP contribution is -2.58. The van der Waals surface area contributed by atoms with E-state index < -0.39 is 95.9 Å². The maximum Gasteiger partial charge on any atom is 0.416 e. The Morgan fingerprint density at radius 2 is 1.40 bits per heavy atom. The smallest absolute Gasteiger partial charge is 0.416 e. The van der Waals surface area contributed by atoms with Gasteiger partial charge >= 0.3 is 36.0 Å². The van der Waals surface area contributed by atoms with Crippen molar-refractivity contribution in [3.8, 4) is 0 Å². The summed E-state index contributed by atoms with van der Waals surface area (Å²) in [5.41, 5.74) is -5.72. The molecule has 18 heteroatoms. The average Bonchev–Trinajstić information content (AvgIpc) is 3.38. The van der Waals surface area contributed by atoms with Crippen molar-refractivity contribution in [2.75, 3.05) is 13.2 Å². The molecule has 7 rings (SSSR count). The predicted octanol–water partition coefficient (Wildman–Crippen LogP) is 5.01. The minimum Gasteiger partial charge on any atom is -0.463 e. The minimum atomic E-state index is -5.12. The van der Waals surface area contributed by atoms with Crippen LogP contribution in [0.4, 0.5) is 26.3 Å². The maximum absolute atomic E-state index is 14.0. The van der Waals surface area contributed by atoms with E-state index in [1.165, 1.54) is 6.08 Å². The first-order valence-corrected chi connectivity index (χ1v) is 17.9. The van der Waals surface area contributed by atoms with E-state index in [0.29, 0.717) is 34.5 Å². The number of hydrogen-bond donors (Lipinski definition) is 1. The second-order valence-corrected chi connectivity index (χ2v) is 15.0. The van der Waals surface area contributed by atoms with Gasteiger partial charge in [-0.25, -0.2) is 4.79 Å². The molecule has 0 amide bonds. The Morgan fingerprint density at radius 3 is 1.91 bits per heavy atom. The molecule has 1 aromatic heterocycles. The van der Waals surface area contributed by atoms with Crippen molar-refractivity contribution in [3.63, 3.8) is 0 Å². The van der Waals surface area contributed by atoms with Crippen LogP contribution in [-0.4, -0.2) is 64.0 Å². The van der Waals surface area contributed by atoms with Crippen LogP contribution in [0.5, 0.6) is 0 Å². The lowest BCUT2D eigenvalue weighted by Gasteiger charge is -2.57. The fourth-order valence-corrected chi connectivity index (χ4v) is 9.05. The van der Waals surface area contributed by atoms with E-state index in [2.05, 4.69) is 5.32 Å². The molecule has 55 heavy (non-hydrogen) atoms. The molecule has 0 unspecified atom stereocenters. The van der Waals surface area contributed by atoms with Gasteiger partial charge in [0.1, 0.15) is 12.7 Å². The molecule has 5 fully saturated rings. The SMILES string of the molecule is CC(=O)OC[C@H]1O[C@@H](n2ccc(=O)n(C/C=C(\CNC34CC5CC(CC(C5)C3)C4)c3cc(C(F)(F)F)cc(C(F)(F)F)c3)c2=O)[C@H](OC(C)=O)[C@@H]1OC(C)=O. The highest BCUT2D eigenvalue weighted by Crippen LogP contribution is 2.55. The Bertz CT molecular complexity index is 1900. The number of carbonyl (C=O) groups excluding carboxylic acids is 3. The summed E-state index contributed by atoms with van der Waals surface area (Å²) in [6.07, 6.45) is -7.85. The summed E-state index contributed by atoms with van der Waals surface area (Å²) in [5.74, 6) is -0.975. The molecule has 2 aromatic rings. The van der Waals surface area contributed by atoms with Crippen LogP contribution in [0.3, 0.4) is 0 Å². The fourth-order valence-electron chi connectivity index (χ4n) is 9.05. The Kier molecular flexibility index (Phi) is 11.1. The van der Waals surface area contributed by atoms with Crippen LogP contribution in [0.2, 0.25) is 0 Å². The van der Waals surface area contributed by atoms with Crippen molar-refractivity contribution < 1.29 is 59.7 Å². The molecule has 4 bridgehead atoms. The fraction of sp³-hybridized carbons (Fsp3) is 0.595. The van der Waals surface area contributed by atoms with Crippen LogP contribution < -0.4 is 16.6 Å². The van der Waals surface area contributed by atoms with Crippen molar-refractivity contribution in [1.29, 1.82) is 0 Å². The number of nitrogens with zero attached hydrogens (tertiary/aromatic N) is 2. The number of esters is 3. The predicted molar refractivity (Wildman–Crippen MR) is 180 cm³/mol. The second kappa shape index (κ2) is 15.2. The number of benzene rings is 1. The number of ether oxygens (including phenoxy) is 4. The zero-order valence-electron chi connectivity index (χ0n) is 30.2. The number of carbonyl (C=O) groups is 3. The third-order valence-corrected chi connectivity index (χ3v) is 10.9. The van der Waals surface area contributed by atoms with Crippen molar-refractivity contribution in [1.82, 2.24) is 14.5 Å². The number of hydrogen-bond acceptors (Lipinski definition) is 10. The van der Waals surface area contributed by atoms with Crippen LogP contribution in [0.1, 0.15) is 82.2 Å². The summed E-state index contributed by atoms with van der Waals surface area (Å²) < 4.78 is 107. The van der Waals surface area contributed by atoms with Crippen LogP contribution in [-0.2, 0) is 52.2 Å². The summed E-state index contributed by atoms with van der Waals surface area (Å²) in [5, 5.41) is 3.49. The molecule has 1 N–H and O–H groups in total. The zero-order valence-corrected chi connectivity index (χ0v) is 30.2. The Labute approximate surface area is 310 Å². The highest BCUT2D eigenvalue weighted by atomic mass is 19.4. The van der Waals surface area contributed by atoms with Crippen LogP contribution in [0, 0.1) is 17.8 Å². The first-order valence-electron chi connectivity index (χ1n) is 17.9. The Hall–Kier alpha value is -4.45. The number of nitrogens with one attached hydrogen (secondary N) is 1. The van der Waals surface area contributed by atoms with E-state index in [0.717, 1.165) is 76.1 Å². The topological polar surface area (TPSA) is 144 Å². The maximum atomic E-state index is 14.0. The monoisotopic (exact) mass is 785 g/mol. The molecule has 300 valence electrons. The lowest BCUT2D eigenvalue weighted by atomic mass is 9.53. The van der Waals surface area contributed by atoms with Gasteiger partial charge in [0.05, 0.1) is 11.1 Å². The molecule has 0 spiro atoms. The number of aromatic nitrogens is 2. The summed E-state index contributed by atoms with van der Waals surface area (Å²) in [7, 11) is 0. The van der Waals surface area contributed by atoms with E-state index in [4.69, 9.17) is 18.9 Å². The zero-order chi connectivity index (χ0) is 40.0. The van der Waals surface area contributed by atoms with Crippen molar-refractivity contribution >= 4 is 23.5 Å². The molecule has 1 aromatic carbocycles. The quantitative estimate of drug-likeness (QED) is 0.188. The van der Waals surface area contributed by atoms with E-state index in [1.807, 2.05) is 0 Å². The van der Waals surface area contributed by atoms with Crippen molar-refractivity contribution in [3.05, 3.63) is 74.1 Å². The molecule has 4 aliphatic carbocycles. The van der Waals surface area contributed by atoms with Gasteiger partial charge in [0, 0.05) is 51.7 Å². The van der Waals surface area contributed by atoms with E-state index in [9.17, 15) is 50.3 Å². The third kappa shape index (κ3) is 9.00. The van der Waals surface area contributed by atoms with Crippen LogP contribution in [0.15, 0.2) is 46.1 Å². The molecule has 12 nitrogen and oxygen atoms in total. The number of halogens is 6. The van der Waals surface area contributed by atoms with Gasteiger partial charge < -0.3 is 24.3 Å². The first kappa shape index (κ1) is 40.2. The van der Waals surface area contributed by atoms with Gasteiger partial charge in [0.25, 0.3) is 5.56 Å². The number of alkyl halides is 6. The molecule has 1 aliphatic heterocycles. The van der Waals surface area contributed by atoms with Crippen LogP contribution in [0.25, 0.3) is 5.57 Å². The van der Waals surface area contributed by atoms with Gasteiger partial charge in [-0.1, -0.05) is 6.08 Å². The van der Waals surface area contributed by atoms with Crippen molar-refractivity contribution in [2.45, 2.75) is 108 Å². The summed E-state index contributed by atoms with van der Waals surface area (Å²) >= 11 is 0. The molecule has 4 atom stereocenters. The Balaban J connectivity index is 1.39. The summed E-state index contributed by atoms with van der Waals surface area (Å²) in [6, 6.07) is 2.22. The average molecular weight is 786 g/mol. The molecule has 2 heterocycles. The summed E-state index contributed by atoms with van der Waals surface area (Å²) in [4.78, 5) is 62.9. The van der Waals surface area contributed by atoms with E-state index in [-0.39, 0.29) is 23.7 Å². The standard InChI is InChI=1S/C37H41F6N3O9/c1-19(47)52-18-29-31(53-20(2)48)32(54-21(3)49)33(55-29)46-7-5-30(50)45(34(46)51)6-4-25(17-44-35-14-22-8-23(15-35)10-24(9-22)16-35)26-11-27(36(38,39)40)13-28(12-26)37(41,42)43/h4-5,7,11-13,22-24,29,31-33,44H,6,8-10,14-18H2,1-3H3/b25-4+/t22?,23?,24?,29-,31-,32-,33-,35?/m1/s1. The summed E-state index contributed by atoms with van der Waals surface area (Å²) in [6.45, 7) is 2.01. The molecule has 5 aliphatic rings. The van der Waals surface area contributed by atoms with E-state index in [1.54, 1.807) is 0 Å². The normalized spacial score (nSPS) is 29.0. The minimum absolute atomic E-state index is 0.000298. The van der Waals surface area contributed by atoms with Gasteiger partial charge in [-0.05, 0) is 85.6 Å². The Morgan fingerprint density at radius 1 is 0.855 bits per heavy atom. The molecule has 4 saturated carbocycles. The van der Waals surface area contributed by atoms with Gasteiger partial charge in [-0.15, -0.1) is 0 Å². The van der Waals surface area contributed by atoms with Crippen LogP contribution >= 0.6 is 0 Å². The van der Waals surface area contributed by atoms with Gasteiger partial charge in [0.15, 0.2) is 18.4 Å². The number of allylic oxidation sites excluding steroid dienone is 1. The van der Waals surface area contributed by atoms with Crippen molar-refractivity contribution in [2.24, 2.45) is 17.8 Å². The highest BCUT2D eigenvalue weighted by molar-refractivity contribution is 5.69. The molecule has 0 radical (unpaired) electrons. The van der Waals surface area contributed by atoms with Gasteiger partial charge in [-0.3, -0.25) is 28.3 Å². The van der Waals surface area contributed by atoms with Gasteiger partial charge in [0.2, 0.25) is 0 Å². The molecule has 1 saturated heterocycles. The number of rotatable bonds is 11. The lowest BCUT2D eigenvalue weighted by molar-refractivity contribution is -0.166. The molecular weight excluding hydrogens is 744 g/mol.